The largest absolute Gasteiger partial charge is 0.496 e. The summed E-state index contributed by atoms with van der Waals surface area (Å²) in [5, 5.41) is 3.61. The molecule has 1 saturated carbocycles. The van der Waals surface area contributed by atoms with Crippen LogP contribution >= 0.6 is 0 Å². The van der Waals surface area contributed by atoms with Crippen molar-refractivity contribution in [1.82, 2.24) is 5.32 Å². The molecule has 0 aromatic heterocycles. The Morgan fingerprint density at radius 2 is 1.84 bits per heavy atom. The second-order valence-electron chi connectivity index (χ2n) is 5.70. The monoisotopic (exact) mass is 262 g/mol. The van der Waals surface area contributed by atoms with Crippen molar-refractivity contribution in [1.29, 1.82) is 0 Å². The SMILES string of the molecule is COc1c(C)cc(CNC2CCCCC2N)cc1C. The summed E-state index contributed by atoms with van der Waals surface area (Å²) >= 11 is 0. The number of ether oxygens (including phenoxy) is 1. The van der Waals surface area contributed by atoms with Crippen LogP contribution < -0.4 is 15.8 Å². The van der Waals surface area contributed by atoms with Crippen LogP contribution in [0.1, 0.15) is 42.4 Å². The molecule has 0 radical (unpaired) electrons. The molecule has 19 heavy (non-hydrogen) atoms. The van der Waals surface area contributed by atoms with Gasteiger partial charge in [-0.2, -0.15) is 0 Å². The molecule has 0 spiro atoms. The molecule has 3 heteroatoms. The molecule has 1 aromatic rings. The fourth-order valence-corrected chi connectivity index (χ4v) is 3.13. The van der Waals surface area contributed by atoms with E-state index in [0.29, 0.717) is 12.1 Å². The van der Waals surface area contributed by atoms with Crippen LogP contribution in [0.15, 0.2) is 12.1 Å². The van der Waals surface area contributed by atoms with Crippen molar-refractivity contribution in [3.05, 3.63) is 28.8 Å². The Bertz CT molecular complexity index is 408. The van der Waals surface area contributed by atoms with E-state index in [0.717, 1.165) is 18.7 Å². The summed E-state index contributed by atoms with van der Waals surface area (Å²) in [6, 6.07) is 5.19. The van der Waals surface area contributed by atoms with Gasteiger partial charge >= 0.3 is 0 Å². The summed E-state index contributed by atoms with van der Waals surface area (Å²) < 4.78 is 5.40. The number of hydrogen-bond acceptors (Lipinski definition) is 3. The highest BCUT2D eigenvalue weighted by Crippen LogP contribution is 2.24. The Morgan fingerprint density at radius 1 is 1.21 bits per heavy atom. The van der Waals surface area contributed by atoms with E-state index in [2.05, 4.69) is 31.3 Å². The number of nitrogens with one attached hydrogen (secondary N) is 1. The van der Waals surface area contributed by atoms with Crippen molar-refractivity contribution >= 4 is 0 Å². The molecule has 1 aromatic carbocycles. The van der Waals surface area contributed by atoms with Crippen molar-refractivity contribution in [3.8, 4) is 5.75 Å². The van der Waals surface area contributed by atoms with E-state index in [9.17, 15) is 0 Å². The first kappa shape index (κ1) is 14.4. The van der Waals surface area contributed by atoms with Gasteiger partial charge in [0.1, 0.15) is 5.75 Å². The van der Waals surface area contributed by atoms with Gasteiger partial charge < -0.3 is 15.8 Å². The van der Waals surface area contributed by atoms with Gasteiger partial charge in [-0.15, -0.1) is 0 Å². The first-order valence-corrected chi connectivity index (χ1v) is 7.25. The third-order valence-corrected chi connectivity index (χ3v) is 4.11. The standard InChI is InChI=1S/C16H26N2O/c1-11-8-13(9-12(2)16(11)19-3)10-18-15-7-5-4-6-14(15)17/h8-9,14-15,18H,4-7,10,17H2,1-3H3. The zero-order valence-corrected chi connectivity index (χ0v) is 12.3. The fourth-order valence-electron chi connectivity index (χ4n) is 3.13. The molecule has 1 fully saturated rings. The van der Waals surface area contributed by atoms with Gasteiger partial charge in [-0.1, -0.05) is 25.0 Å². The second-order valence-corrected chi connectivity index (χ2v) is 5.70. The highest BCUT2D eigenvalue weighted by Gasteiger charge is 2.20. The average molecular weight is 262 g/mol. The number of rotatable bonds is 4. The Labute approximate surface area is 116 Å². The number of benzene rings is 1. The predicted octanol–water partition coefficient (Wildman–Crippen LogP) is 2.67. The van der Waals surface area contributed by atoms with Gasteiger partial charge in [0.25, 0.3) is 0 Å². The first-order chi connectivity index (χ1) is 9.11. The van der Waals surface area contributed by atoms with E-state index in [1.165, 1.54) is 36.0 Å². The molecule has 0 heterocycles. The summed E-state index contributed by atoms with van der Waals surface area (Å²) in [6.07, 6.45) is 4.93. The van der Waals surface area contributed by atoms with Gasteiger partial charge in [-0.3, -0.25) is 0 Å². The Hall–Kier alpha value is -1.06. The number of methoxy groups -OCH3 is 1. The number of hydrogen-bond donors (Lipinski definition) is 2. The van der Waals surface area contributed by atoms with Crippen LogP contribution in [0.5, 0.6) is 5.75 Å². The minimum absolute atomic E-state index is 0.314. The summed E-state index contributed by atoms with van der Waals surface area (Å²) in [6.45, 7) is 5.09. The lowest BCUT2D eigenvalue weighted by Gasteiger charge is -2.29. The minimum atomic E-state index is 0.314. The molecule has 0 bridgehead atoms. The molecule has 2 atom stereocenters. The lowest BCUT2D eigenvalue weighted by molar-refractivity contribution is 0.326. The molecule has 3 N–H and O–H groups in total. The molecular weight excluding hydrogens is 236 g/mol. The van der Waals surface area contributed by atoms with Crippen LogP contribution in [0, 0.1) is 13.8 Å². The molecule has 2 rings (SSSR count). The summed E-state index contributed by atoms with van der Waals surface area (Å²) in [7, 11) is 1.73. The Balaban J connectivity index is 1.99. The molecule has 0 saturated heterocycles. The third kappa shape index (κ3) is 3.48. The molecule has 0 amide bonds. The van der Waals surface area contributed by atoms with E-state index in [1.807, 2.05) is 0 Å². The fraction of sp³-hybridized carbons (Fsp3) is 0.625. The normalized spacial score (nSPS) is 23.4. The molecule has 1 aliphatic carbocycles. The molecule has 106 valence electrons. The lowest BCUT2D eigenvalue weighted by atomic mass is 9.91. The van der Waals surface area contributed by atoms with Crippen LogP contribution in [0.3, 0.4) is 0 Å². The van der Waals surface area contributed by atoms with E-state index >= 15 is 0 Å². The summed E-state index contributed by atoms with van der Waals surface area (Å²) in [5.74, 6) is 0.998. The Morgan fingerprint density at radius 3 is 2.42 bits per heavy atom. The summed E-state index contributed by atoms with van der Waals surface area (Å²) in [5.41, 5.74) is 9.88. The molecule has 2 unspecified atom stereocenters. The predicted molar refractivity (Wildman–Crippen MR) is 79.5 cm³/mol. The summed E-state index contributed by atoms with van der Waals surface area (Å²) in [4.78, 5) is 0. The molecule has 1 aliphatic rings. The van der Waals surface area contributed by atoms with Crippen LogP contribution in [-0.2, 0) is 6.54 Å². The maximum absolute atomic E-state index is 6.17. The zero-order valence-electron chi connectivity index (χ0n) is 12.3. The van der Waals surface area contributed by atoms with E-state index < -0.39 is 0 Å². The molecule has 0 aliphatic heterocycles. The van der Waals surface area contributed by atoms with E-state index in [4.69, 9.17) is 10.5 Å². The van der Waals surface area contributed by atoms with Crippen molar-refractivity contribution in [2.24, 2.45) is 5.73 Å². The van der Waals surface area contributed by atoms with Gasteiger partial charge in [0.15, 0.2) is 0 Å². The van der Waals surface area contributed by atoms with Crippen LogP contribution in [0.25, 0.3) is 0 Å². The van der Waals surface area contributed by atoms with Crippen molar-refractivity contribution in [2.75, 3.05) is 7.11 Å². The van der Waals surface area contributed by atoms with Crippen molar-refractivity contribution < 1.29 is 4.74 Å². The highest BCUT2D eigenvalue weighted by molar-refractivity contribution is 5.43. The third-order valence-electron chi connectivity index (χ3n) is 4.11. The van der Waals surface area contributed by atoms with E-state index in [1.54, 1.807) is 7.11 Å². The van der Waals surface area contributed by atoms with Crippen molar-refractivity contribution in [3.63, 3.8) is 0 Å². The van der Waals surface area contributed by atoms with Gasteiger partial charge in [0.05, 0.1) is 7.11 Å². The van der Waals surface area contributed by atoms with Gasteiger partial charge in [-0.05, 0) is 43.4 Å². The topological polar surface area (TPSA) is 47.3 Å². The van der Waals surface area contributed by atoms with Gasteiger partial charge in [0, 0.05) is 18.6 Å². The van der Waals surface area contributed by atoms with Gasteiger partial charge in [-0.25, -0.2) is 0 Å². The first-order valence-electron chi connectivity index (χ1n) is 7.25. The van der Waals surface area contributed by atoms with Crippen LogP contribution in [-0.4, -0.2) is 19.2 Å². The molecular formula is C16H26N2O. The van der Waals surface area contributed by atoms with Gasteiger partial charge in [0.2, 0.25) is 0 Å². The Kier molecular flexibility index (Phi) is 4.83. The van der Waals surface area contributed by atoms with E-state index in [-0.39, 0.29) is 0 Å². The smallest absolute Gasteiger partial charge is 0.124 e. The maximum atomic E-state index is 6.17. The maximum Gasteiger partial charge on any atom is 0.124 e. The number of aryl methyl sites for hydroxylation is 2. The quantitative estimate of drug-likeness (QED) is 0.877. The van der Waals surface area contributed by atoms with Crippen LogP contribution in [0.4, 0.5) is 0 Å². The highest BCUT2D eigenvalue weighted by atomic mass is 16.5. The lowest BCUT2D eigenvalue weighted by Crippen LogP contribution is -2.46. The van der Waals surface area contributed by atoms with Crippen LogP contribution in [0.2, 0.25) is 0 Å². The average Bonchev–Trinajstić information content (AvgIpc) is 2.37. The second kappa shape index (κ2) is 6.40. The van der Waals surface area contributed by atoms with Crippen molar-refractivity contribution in [2.45, 2.75) is 58.2 Å². The zero-order chi connectivity index (χ0) is 13.8. The number of nitrogens with two attached hydrogens (primary N) is 1. The molecule has 3 nitrogen and oxygen atoms in total. The minimum Gasteiger partial charge on any atom is -0.496 e.